The first-order valence-corrected chi connectivity index (χ1v) is 20.1. The molecule has 1 heterocycles. The van der Waals surface area contributed by atoms with Crippen molar-refractivity contribution in [2.45, 2.75) is 5.41 Å². The van der Waals surface area contributed by atoms with Crippen molar-refractivity contribution >= 4 is 10.8 Å². The van der Waals surface area contributed by atoms with Crippen LogP contribution in [-0.4, -0.2) is 15.0 Å². The number of fused-ring (bicyclic) bond motifs is 5. The number of hydrogen-bond donors (Lipinski definition) is 0. The van der Waals surface area contributed by atoms with Gasteiger partial charge in [0.05, 0.1) is 5.41 Å². The maximum Gasteiger partial charge on any atom is 0.164 e. The highest BCUT2D eigenvalue weighted by atomic mass is 15.0. The minimum atomic E-state index is -0.601. The predicted molar refractivity (Wildman–Crippen MR) is 242 cm³/mol. The Kier molecular flexibility index (Phi) is 8.37. The second-order valence-electron chi connectivity index (χ2n) is 15.1. The lowest BCUT2D eigenvalue weighted by Crippen LogP contribution is -2.29. The first-order chi connectivity index (χ1) is 29.3. The topological polar surface area (TPSA) is 38.7 Å². The van der Waals surface area contributed by atoms with Gasteiger partial charge in [-0.1, -0.05) is 218 Å². The Morgan fingerprint density at radius 3 is 1.31 bits per heavy atom. The summed E-state index contributed by atoms with van der Waals surface area (Å²) in [5.41, 5.74) is 14.4. The molecule has 1 aliphatic carbocycles. The van der Waals surface area contributed by atoms with E-state index in [2.05, 4.69) is 200 Å². The van der Waals surface area contributed by atoms with Crippen LogP contribution in [0.5, 0.6) is 0 Å². The summed E-state index contributed by atoms with van der Waals surface area (Å²) in [7, 11) is 0. The lowest BCUT2D eigenvalue weighted by Gasteiger charge is -2.35. The van der Waals surface area contributed by atoms with E-state index in [4.69, 9.17) is 15.0 Å². The standard InChI is InChI=1S/C56H37N3/c1-6-17-38(18-7-1)40-29-31-42(32-30-40)54-57-53(41-21-10-3-11-22-41)58-55(59-54)50-28-16-27-48-46(50)35-36-49-47-34-33-43(39-19-8-2-9-20-39)37-51(47)56(52(48)49,44-23-12-4-13-24-44)45-25-14-5-15-26-45/h1-37H. The zero-order valence-corrected chi connectivity index (χ0v) is 32.2. The molecule has 0 unspecified atom stereocenters. The van der Waals surface area contributed by atoms with Gasteiger partial charge in [0.2, 0.25) is 0 Å². The van der Waals surface area contributed by atoms with E-state index >= 15 is 0 Å². The average Bonchev–Trinajstić information content (AvgIpc) is 3.63. The van der Waals surface area contributed by atoms with E-state index in [0.29, 0.717) is 17.5 Å². The summed E-state index contributed by atoms with van der Waals surface area (Å²) in [5, 5.41) is 2.26. The zero-order chi connectivity index (χ0) is 39.2. The van der Waals surface area contributed by atoms with E-state index in [1.807, 2.05) is 24.3 Å². The summed E-state index contributed by atoms with van der Waals surface area (Å²) in [4.78, 5) is 15.6. The molecule has 276 valence electrons. The fraction of sp³-hybridized carbons (Fsp3) is 0.0179. The van der Waals surface area contributed by atoms with Gasteiger partial charge < -0.3 is 0 Å². The van der Waals surface area contributed by atoms with E-state index in [-0.39, 0.29) is 0 Å². The Balaban J connectivity index is 1.16. The summed E-state index contributed by atoms with van der Waals surface area (Å²) in [5.74, 6) is 1.91. The Labute approximate surface area is 344 Å². The molecular weight excluding hydrogens is 715 g/mol. The maximum absolute atomic E-state index is 5.26. The van der Waals surface area contributed by atoms with Gasteiger partial charge in [-0.05, 0) is 72.5 Å². The number of hydrogen-bond acceptors (Lipinski definition) is 3. The number of rotatable bonds is 7. The third kappa shape index (κ3) is 5.78. The Bertz CT molecular complexity index is 3070. The summed E-state index contributed by atoms with van der Waals surface area (Å²) >= 11 is 0. The van der Waals surface area contributed by atoms with Crippen molar-refractivity contribution in [1.82, 2.24) is 15.0 Å². The van der Waals surface area contributed by atoms with Crippen molar-refractivity contribution in [2.24, 2.45) is 0 Å². The molecule has 10 aromatic rings. The van der Waals surface area contributed by atoms with E-state index in [0.717, 1.165) is 27.6 Å². The summed E-state index contributed by atoms with van der Waals surface area (Å²) in [6.45, 7) is 0. The van der Waals surface area contributed by atoms with E-state index in [1.165, 1.54) is 55.5 Å². The molecule has 0 saturated heterocycles. The van der Waals surface area contributed by atoms with Gasteiger partial charge in [-0.15, -0.1) is 0 Å². The number of aromatic nitrogens is 3. The monoisotopic (exact) mass is 751 g/mol. The van der Waals surface area contributed by atoms with Gasteiger partial charge in [-0.2, -0.15) is 0 Å². The quantitative estimate of drug-likeness (QED) is 0.163. The molecule has 0 atom stereocenters. The van der Waals surface area contributed by atoms with Gasteiger partial charge >= 0.3 is 0 Å². The molecule has 1 aliphatic rings. The van der Waals surface area contributed by atoms with Crippen molar-refractivity contribution in [2.75, 3.05) is 0 Å². The van der Waals surface area contributed by atoms with Crippen LogP contribution in [-0.2, 0) is 5.41 Å². The molecule has 9 aromatic carbocycles. The van der Waals surface area contributed by atoms with Crippen molar-refractivity contribution in [1.29, 1.82) is 0 Å². The molecule has 0 fully saturated rings. The van der Waals surface area contributed by atoms with Crippen LogP contribution in [0.4, 0.5) is 0 Å². The number of benzene rings is 9. The largest absolute Gasteiger partial charge is 0.208 e. The van der Waals surface area contributed by atoms with Crippen LogP contribution in [0.3, 0.4) is 0 Å². The minimum absolute atomic E-state index is 0.601. The van der Waals surface area contributed by atoms with Gasteiger partial charge in [0.1, 0.15) is 0 Å². The third-order valence-corrected chi connectivity index (χ3v) is 11.8. The second-order valence-corrected chi connectivity index (χ2v) is 15.1. The van der Waals surface area contributed by atoms with Crippen molar-refractivity contribution in [3.8, 4) is 67.5 Å². The minimum Gasteiger partial charge on any atom is -0.208 e. The van der Waals surface area contributed by atoms with Crippen molar-refractivity contribution in [3.63, 3.8) is 0 Å². The molecule has 0 bridgehead atoms. The molecule has 3 heteroatoms. The number of nitrogens with zero attached hydrogens (tertiary/aromatic N) is 3. The molecule has 11 rings (SSSR count). The molecule has 0 spiro atoms. The molecule has 0 aliphatic heterocycles. The highest BCUT2D eigenvalue weighted by Crippen LogP contribution is 2.59. The van der Waals surface area contributed by atoms with E-state index in [1.54, 1.807) is 0 Å². The molecule has 1 aromatic heterocycles. The third-order valence-electron chi connectivity index (χ3n) is 11.8. The molecule has 0 radical (unpaired) electrons. The van der Waals surface area contributed by atoms with Crippen LogP contribution in [0.25, 0.3) is 78.3 Å². The van der Waals surface area contributed by atoms with E-state index in [9.17, 15) is 0 Å². The lowest BCUT2D eigenvalue weighted by atomic mass is 9.66. The normalized spacial score (nSPS) is 12.5. The van der Waals surface area contributed by atoms with Crippen molar-refractivity contribution < 1.29 is 0 Å². The lowest BCUT2D eigenvalue weighted by molar-refractivity contribution is 0.776. The fourth-order valence-electron chi connectivity index (χ4n) is 9.14. The molecular formula is C56H37N3. The fourth-order valence-corrected chi connectivity index (χ4v) is 9.14. The smallest absolute Gasteiger partial charge is 0.164 e. The highest BCUT2D eigenvalue weighted by molar-refractivity contribution is 6.05. The van der Waals surface area contributed by atoms with Crippen LogP contribution < -0.4 is 0 Å². The van der Waals surface area contributed by atoms with Crippen LogP contribution in [0.15, 0.2) is 224 Å². The van der Waals surface area contributed by atoms with E-state index < -0.39 is 5.41 Å². The van der Waals surface area contributed by atoms with Gasteiger partial charge in [0.15, 0.2) is 17.5 Å². The van der Waals surface area contributed by atoms with Crippen LogP contribution >= 0.6 is 0 Å². The van der Waals surface area contributed by atoms with Gasteiger partial charge in [0.25, 0.3) is 0 Å². The molecule has 0 saturated carbocycles. The maximum atomic E-state index is 5.26. The first-order valence-electron chi connectivity index (χ1n) is 20.1. The van der Waals surface area contributed by atoms with Gasteiger partial charge in [-0.25, -0.2) is 15.0 Å². The van der Waals surface area contributed by atoms with Gasteiger partial charge in [0, 0.05) is 16.7 Å². The summed E-state index contributed by atoms with van der Waals surface area (Å²) in [6, 6.07) is 80.1. The Morgan fingerprint density at radius 1 is 0.271 bits per heavy atom. The summed E-state index contributed by atoms with van der Waals surface area (Å²) < 4.78 is 0. The average molecular weight is 752 g/mol. The Morgan fingerprint density at radius 2 is 0.712 bits per heavy atom. The highest BCUT2D eigenvalue weighted by Gasteiger charge is 2.47. The Hall–Kier alpha value is -7.75. The summed E-state index contributed by atoms with van der Waals surface area (Å²) in [6.07, 6.45) is 0. The molecule has 0 N–H and O–H groups in total. The molecule has 0 amide bonds. The predicted octanol–water partition coefficient (Wildman–Crippen LogP) is 13.7. The first kappa shape index (κ1) is 34.5. The van der Waals surface area contributed by atoms with Crippen LogP contribution in [0, 0.1) is 0 Å². The second kappa shape index (κ2) is 14.3. The molecule has 59 heavy (non-hydrogen) atoms. The molecule has 3 nitrogen and oxygen atoms in total. The SMILES string of the molecule is c1ccc(-c2ccc(-c3nc(-c4ccccc4)nc(-c4cccc5c6c(ccc45)-c4ccc(-c5ccccc5)cc4C6(c4ccccc4)c4ccccc4)n3)cc2)cc1. The zero-order valence-electron chi connectivity index (χ0n) is 32.2. The van der Waals surface area contributed by atoms with Crippen molar-refractivity contribution in [3.05, 3.63) is 247 Å². The van der Waals surface area contributed by atoms with Gasteiger partial charge in [-0.3, -0.25) is 0 Å². The van der Waals surface area contributed by atoms with Crippen LogP contribution in [0.1, 0.15) is 22.3 Å². The van der Waals surface area contributed by atoms with Crippen LogP contribution in [0.2, 0.25) is 0 Å².